The molecule has 2 aromatic carbocycles. The predicted molar refractivity (Wildman–Crippen MR) is 134 cm³/mol. The number of nitrogens with two attached hydrogens (primary N) is 1. The molecule has 0 saturated carbocycles. The number of amides is 1. The van der Waals surface area contributed by atoms with Gasteiger partial charge >= 0.3 is 0 Å². The third-order valence-electron chi connectivity index (χ3n) is 6.36. The topological polar surface area (TPSA) is 94.5 Å². The number of nitrogens with zero attached hydrogens (tertiary/aromatic N) is 3. The van der Waals surface area contributed by atoms with Gasteiger partial charge in [0.25, 0.3) is 11.8 Å². The Bertz CT molecular complexity index is 1510. The van der Waals surface area contributed by atoms with Crippen molar-refractivity contribution in [1.29, 1.82) is 0 Å². The third-order valence-corrected chi connectivity index (χ3v) is 6.36. The zero-order chi connectivity index (χ0) is 26.2. The van der Waals surface area contributed by atoms with Crippen molar-refractivity contribution in [2.24, 2.45) is 0 Å². The molecule has 0 fully saturated rings. The Hall–Kier alpha value is -4.34. The van der Waals surface area contributed by atoms with Crippen LogP contribution in [0.3, 0.4) is 0 Å². The molecule has 4 aromatic rings. The second-order valence-electron chi connectivity index (χ2n) is 8.82. The highest BCUT2D eigenvalue weighted by molar-refractivity contribution is 5.96. The van der Waals surface area contributed by atoms with Crippen molar-refractivity contribution >= 4 is 22.9 Å². The number of nitrogens with one attached hydrogen (secondary N) is 1. The van der Waals surface area contributed by atoms with Crippen LogP contribution in [0.5, 0.6) is 5.75 Å². The minimum atomic E-state index is -2.70. The molecular formula is C27H24F3N5O2. The summed E-state index contributed by atoms with van der Waals surface area (Å²) in [6.45, 7) is 0.206. The SMILES string of the molecule is COc1ccc(F)cc1C(=O)NCc1ccc(-c2nc(C3=CCC(F)(F)CC3)c3ccnc(N)n23)cc1. The van der Waals surface area contributed by atoms with Crippen LogP contribution in [-0.2, 0) is 6.54 Å². The van der Waals surface area contributed by atoms with E-state index in [0.717, 1.165) is 22.8 Å². The Morgan fingerprint density at radius 2 is 1.97 bits per heavy atom. The monoisotopic (exact) mass is 507 g/mol. The number of allylic oxidation sites excluding steroid dienone is 2. The molecule has 10 heteroatoms. The maximum Gasteiger partial charge on any atom is 0.255 e. The molecule has 0 bridgehead atoms. The lowest BCUT2D eigenvalue weighted by Crippen LogP contribution is -2.23. The molecular weight excluding hydrogens is 483 g/mol. The summed E-state index contributed by atoms with van der Waals surface area (Å²) in [4.78, 5) is 21.5. The van der Waals surface area contributed by atoms with Crippen LogP contribution in [0, 0.1) is 5.82 Å². The third kappa shape index (κ3) is 4.87. The number of rotatable bonds is 6. The number of anilines is 1. The summed E-state index contributed by atoms with van der Waals surface area (Å²) in [5.74, 6) is -2.66. The average Bonchev–Trinajstić information content (AvgIpc) is 3.28. The normalized spacial score (nSPS) is 14.9. The number of benzene rings is 2. The number of fused-ring (bicyclic) bond motifs is 1. The molecule has 37 heavy (non-hydrogen) atoms. The number of alkyl halides is 2. The lowest BCUT2D eigenvalue weighted by Gasteiger charge is -2.20. The molecule has 7 nitrogen and oxygen atoms in total. The summed E-state index contributed by atoms with van der Waals surface area (Å²) in [5.41, 5.74) is 9.88. The predicted octanol–water partition coefficient (Wildman–Crippen LogP) is 5.26. The maximum atomic E-state index is 13.7. The van der Waals surface area contributed by atoms with Crippen LogP contribution in [0.25, 0.3) is 22.5 Å². The quantitative estimate of drug-likeness (QED) is 0.371. The van der Waals surface area contributed by atoms with Crippen molar-refractivity contribution in [2.75, 3.05) is 12.8 Å². The highest BCUT2D eigenvalue weighted by Crippen LogP contribution is 2.38. The van der Waals surface area contributed by atoms with E-state index in [4.69, 9.17) is 15.5 Å². The zero-order valence-corrected chi connectivity index (χ0v) is 20.0. The molecule has 3 N–H and O–H groups in total. The van der Waals surface area contributed by atoms with Gasteiger partial charge in [-0.1, -0.05) is 30.3 Å². The van der Waals surface area contributed by atoms with Crippen LogP contribution in [0.2, 0.25) is 0 Å². The van der Waals surface area contributed by atoms with Gasteiger partial charge in [0.1, 0.15) is 17.4 Å². The number of carbonyl (C=O) groups excluding carboxylic acids is 1. The minimum Gasteiger partial charge on any atom is -0.496 e. The number of ether oxygens (including phenoxy) is 1. The van der Waals surface area contributed by atoms with E-state index in [-0.39, 0.29) is 43.1 Å². The maximum absolute atomic E-state index is 13.7. The van der Waals surface area contributed by atoms with E-state index in [1.807, 2.05) is 24.3 Å². The summed E-state index contributed by atoms with van der Waals surface area (Å²) >= 11 is 0. The van der Waals surface area contributed by atoms with E-state index in [0.29, 0.717) is 17.0 Å². The first-order chi connectivity index (χ1) is 17.8. The number of hydrogen-bond donors (Lipinski definition) is 2. The molecule has 0 saturated heterocycles. The van der Waals surface area contributed by atoms with E-state index in [9.17, 15) is 18.0 Å². The fourth-order valence-electron chi connectivity index (χ4n) is 4.41. The minimum absolute atomic E-state index is 0.105. The Morgan fingerprint density at radius 3 is 2.68 bits per heavy atom. The summed E-state index contributed by atoms with van der Waals surface area (Å²) < 4.78 is 47.9. The molecule has 2 heterocycles. The molecule has 1 aliphatic carbocycles. The van der Waals surface area contributed by atoms with Crippen molar-refractivity contribution in [1.82, 2.24) is 19.7 Å². The highest BCUT2D eigenvalue weighted by atomic mass is 19.3. The fourth-order valence-corrected chi connectivity index (χ4v) is 4.41. The number of aromatic nitrogens is 3. The van der Waals surface area contributed by atoms with E-state index in [2.05, 4.69) is 10.3 Å². The van der Waals surface area contributed by atoms with Crippen molar-refractivity contribution in [2.45, 2.75) is 31.7 Å². The van der Waals surface area contributed by atoms with Crippen LogP contribution in [0.4, 0.5) is 19.1 Å². The zero-order valence-electron chi connectivity index (χ0n) is 20.0. The number of nitrogen functional groups attached to an aromatic ring is 1. The molecule has 0 atom stereocenters. The van der Waals surface area contributed by atoms with Gasteiger partial charge in [-0.15, -0.1) is 0 Å². The van der Waals surface area contributed by atoms with Gasteiger partial charge in [-0.3, -0.25) is 9.20 Å². The number of imidazole rings is 1. The van der Waals surface area contributed by atoms with Crippen LogP contribution < -0.4 is 15.8 Å². The smallest absolute Gasteiger partial charge is 0.255 e. The lowest BCUT2D eigenvalue weighted by atomic mass is 9.94. The first-order valence-electron chi connectivity index (χ1n) is 11.7. The fraction of sp³-hybridized carbons (Fsp3) is 0.222. The number of carbonyl (C=O) groups is 1. The van der Waals surface area contributed by atoms with Crippen molar-refractivity contribution in [3.8, 4) is 17.1 Å². The van der Waals surface area contributed by atoms with Crippen LogP contribution in [0.1, 0.15) is 40.9 Å². The largest absolute Gasteiger partial charge is 0.496 e. The molecule has 0 radical (unpaired) electrons. The molecule has 2 aromatic heterocycles. The van der Waals surface area contributed by atoms with Crippen LogP contribution >= 0.6 is 0 Å². The van der Waals surface area contributed by atoms with Crippen molar-refractivity contribution in [3.63, 3.8) is 0 Å². The van der Waals surface area contributed by atoms with E-state index in [1.165, 1.54) is 19.2 Å². The lowest BCUT2D eigenvalue weighted by molar-refractivity contribution is -0.00605. The van der Waals surface area contributed by atoms with E-state index >= 15 is 0 Å². The number of halogens is 3. The van der Waals surface area contributed by atoms with Gasteiger partial charge in [-0.25, -0.2) is 23.1 Å². The highest BCUT2D eigenvalue weighted by Gasteiger charge is 2.32. The molecule has 1 aliphatic rings. The number of hydrogen-bond acceptors (Lipinski definition) is 5. The summed E-state index contributed by atoms with van der Waals surface area (Å²) in [5, 5.41) is 2.76. The molecule has 0 unspecified atom stereocenters. The van der Waals surface area contributed by atoms with Crippen molar-refractivity contribution < 1.29 is 22.7 Å². The summed E-state index contributed by atoms with van der Waals surface area (Å²) in [7, 11) is 1.41. The number of methoxy groups -OCH3 is 1. The first-order valence-corrected chi connectivity index (χ1v) is 11.7. The van der Waals surface area contributed by atoms with E-state index < -0.39 is 17.6 Å². The average molecular weight is 508 g/mol. The van der Waals surface area contributed by atoms with Crippen LogP contribution in [0.15, 0.2) is 60.8 Å². The Kier molecular flexibility index (Phi) is 6.32. The van der Waals surface area contributed by atoms with Gasteiger partial charge in [0.15, 0.2) is 0 Å². The molecule has 5 rings (SSSR count). The van der Waals surface area contributed by atoms with Crippen LogP contribution in [-0.4, -0.2) is 33.3 Å². The van der Waals surface area contributed by atoms with Gasteiger partial charge < -0.3 is 15.8 Å². The van der Waals surface area contributed by atoms with Crippen molar-refractivity contribution in [3.05, 3.63) is 83.4 Å². The molecule has 0 spiro atoms. The summed E-state index contributed by atoms with van der Waals surface area (Å²) in [6.07, 6.45) is 2.79. The Balaban J connectivity index is 1.40. The van der Waals surface area contributed by atoms with Gasteiger partial charge in [0.05, 0.1) is 23.9 Å². The van der Waals surface area contributed by atoms with Gasteiger partial charge in [0, 0.05) is 31.1 Å². The first kappa shape index (κ1) is 24.4. The van der Waals surface area contributed by atoms with Gasteiger partial charge in [0.2, 0.25) is 5.95 Å². The molecule has 0 aliphatic heterocycles. The Labute approximate surface area is 210 Å². The second kappa shape index (κ2) is 9.61. The van der Waals surface area contributed by atoms with Gasteiger partial charge in [-0.05, 0) is 41.8 Å². The van der Waals surface area contributed by atoms with E-state index in [1.54, 1.807) is 22.7 Å². The Morgan fingerprint density at radius 1 is 1.19 bits per heavy atom. The molecule has 190 valence electrons. The summed E-state index contributed by atoms with van der Waals surface area (Å²) in [6, 6.07) is 12.8. The standard InChI is InChI=1S/C27H24F3N5O2/c1-37-22-7-6-19(28)14-20(22)25(36)33-15-16-2-4-18(5-3-16)24-34-23(17-8-11-27(29,30)12-9-17)21-10-13-32-26(31)35(21)24/h2-8,10,13-14H,9,11-12,15H2,1H3,(H2,31,32)(H,33,36). The van der Waals surface area contributed by atoms with Gasteiger partial charge in [-0.2, -0.15) is 0 Å². The second-order valence-corrected chi connectivity index (χ2v) is 8.82. The molecule has 1 amide bonds.